The van der Waals surface area contributed by atoms with Gasteiger partial charge in [0.15, 0.2) is 0 Å². The number of nitrogens with one attached hydrogen (secondary N) is 1. The van der Waals surface area contributed by atoms with Crippen molar-refractivity contribution in [2.24, 2.45) is 0 Å². The van der Waals surface area contributed by atoms with E-state index in [1.54, 1.807) is 0 Å². The quantitative estimate of drug-likeness (QED) is 0.809. The molecule has 0 spiro atoms. The molecule has 1 unspecified atom stereocenters. The molecule has 1 aromatic carbocycles. The molecule has 0 radical (unpaired) electrons. The molecule has 1 aromatic rings. The summed E-state index contributed by atoms with van der Waals surface area (Å²) in [6.45, 7) is 8.19. The summed E-state index contributed by atoms with van der Waals surface area (Å²) in [7, 11) is 0. The van der Waals surface area contributed by atoms with Crippen molar-refractivity contribution >= 4 is 0 Å². The van der Waals surface area contributed by atoms with E-state index in [2.05, 4.69) is 54.4 Å². The first kappa shape index (κ1) is 12.6. The molecule has 1 saturated heterocycles. The van der Waals surface area contributed by atoms with Crippen LogP contribution in [-0.4, -0.2) is 36.6 Å². The Morgan fingerprint density at radius 1 is 1.29 bits per heavy atom. The van der Waals surface area contributed by atoms with Crippen molar-refractivity contribution in [1.82, 2.24) is 10.2 Å². The summed E-state index contributed by atoms with van der Waals surface area (Å²) in [6, 6.07) is 12.2. The Balaban J connectivity index is 1.93. The zero-order valence-electron chi connectivity index (χ0n) is 11.0. The van der Waals surface area contributed by atoms with Gasteiger partial charge in [0.25, 0.3) is 0 Å². The zero-order valence-corrected chi connectivity index (χ0v) is 11.0. The molecule has 2 nitrogen and oxygen atoms in total. The maximum atomic E-state index is 3.38. The van der Waals surface area contributed by atoms with Crippen LogP contribution in [0.4, 0.5) is 0 Å². The van der Waals surface area contributed by atoms with Crippen LogP contribution in [0.1, 0.15) is 25.8 Å². The van der Waals surface area contributed by atoms with Crippen molar-refractivity contribution in [2.75, 3.05) is 19.6 Å². The molecule has 1 atom stereocenters. The predicted octanol–water partition coefficient (Wildman–Crippen LogP) is 2.30. The molecule has 0 aromatic heterocycles. The highest BCUT2D eigenvalue weighted by Gasteiger charge is 2.27. The third-order valence-corrected chi connectivity index (χ3v) is 3.65. The van der Waals surface area contributed by atoms with Crippen LogP contribution in [0.5, 0.6) is 0 Å². The molecule has 0 saturated carbocycles. The first-order chi connectivity index (χ1) is 8.31. The molecular weight excluding hydrogens is 208 g/mol. The van der Waals surface area contributed by atoms with Crippen LogP contribution in [0.25, 0.3) is 0 Å². The minimum Gasteiger partial charge on any atom is -0.314 e. The second kappa shape index (κ2) is 6.18. The lowest BCUT2D eigenvalue weighted by Gasteiger charge is -2.42. The van der Waals surface area contributed by atoms with E-state index < -0.39 is 0 Å². The van der Waals surface area contributed by atoms with Gasteiger partial charge in [0.1, 0.15) is 0 Å². The van der Waals surface area contributed by atoms with Crippen molar-refractivity contribution in [2.45, 2.75) is 38.8 Å². The van der Waals surface area contributed by atoms with Crippen molar-refractivity contribution in [3.05, 3.63) is 35.9 Å². The number of hydrogen-bond acceptors (Lipinski definition) is 2. The predicted molar refractivity (Wildman–Crippen MR) is 73.3 cm³/mol. The maximum Gasteiger partial charge on any atom is 0.0348 e. The van der Waals surface area contributed by atoms with E-state index in [1.807, 2.05) is 0 Å². The van der Waals surface area contributed by atoms with E-state index in [1.165, 1.54) is 31.6 Å². The van der Waals surface area contributed by atoms with Crippen LogP contribution in [0, 0.1) is 0 Å². The van der Waals surface area contributed by atoms with Crippen LogP contribution in [-0.2, 0) is 6.42 Å². The van der Waals surface area contributed by atoms with Crippen LogP contribution < -0.4 is 5.32 Å². The maximum absolute atomic E-state index is 3.38. The number of hydrogen-bond donors (Lipinski definition) is 1. The van der Waals surface area contributed by atoms with Crippen molar-refractivity contribution in [3.63, 3.8) is 0 Å². The lowest BCUT2D eigenvalue weighted by molar-refractivity contribution is 0.103. The van der Waals surface area contributed by atoms with Gasteiger partial charge in [0.05, 0.1) is 0 Å². The van der Waals surface area contributed by atoms with Crippen LogP contribution in [0.3, 0.4) is 0 Å². The number of benzene rings is 1. The Labute approximate surface area is 105 Å². The summed E-state index contributed by atoms with van der Waals surface area (Å²) in [5, 5.41) is 3.38. The smallest absolute Gasteiger partial charge is 0.0348 e. The monoisotopic (exact) mass is 232 g/mol. The summed E-state index contributed by atoms with van der Waals surface area (Å²) in [4.78, 5) is 2.67. The van der Waals surface area contributed by atoms with Crippen LogP contribution in [0.2, 0.25) is 0 Å². The largest absolute Gasteiger partial charge is 0.314 e. The van der Waals surface area contributed by atoms with E-state index in [9.17, 15) is 0 Å². The molecule has 2 rings (SSSR count). The Morgan fingerprint density at radius 2 is 2.00 bits per heavy atom. The average Bonchev–Trinajstić information content (AvgIpc) is 2.27. The van der Waals surface area contributed by atoms with Crippen molar-refractivity contribution in [3.8, 4) is 0 Å². The van der Waals surface area contributed by atoms with E-state index >= 15 is 0 Å². The number of rotatable bonds is 6. The molecule has 1 aliphatic heterocycles. The molecule has 17 heavy (non-hydrogen) atoms. The second-order valence-electron chi connectivity index (χ2n) is 5.09. The van der Waals surface area contributed by atoms with Gasteiger partial charge in [-0.15, -0.1) is 0 Å². The van der Waals surface area contributed by atoms with Crippen LogP contribution >= 0.6 is 0 Å². The molecular formula is C15H24N2. The van der Waals surface area contributed by atoms with Gasteiger partial charge >= 0.3 is 0 Å². The standard InChI is InChI=1S/C15H24N2/c1-3-9-17(15-11-16-12-15)13(2)10-14-7-5-4-6-8-14/h4-8,13,15-16H,3,9-12H2,1-2H3. The Morgan fingerprint density at radius 3 is 2.53 bits per heavy atom. The molecule has 1 fully saturated rings. The minimum absolute atomic E-state index is 0.643. The lowest BCUT2D eigenvalue weighted by atomic mass is 10.0. The van der Waals surface area contributed by atoms with Gasteiger partial charge in [-0.1, -0.05) is 37.3 Å². The Bertz CT molecular complexity index is 319. The van der Waals surface area contributed by atoms with Crippen LogP contribution in [0.15, 0.2) is 30.3 Å². The van der Waals surface area contributed by atoms with Gasteiger partial charge in [0, 0.05) is 25.2 Å². The molecule has 2 heteroatoms. The van der Waals surface area contributed by atoms with Gasteiger partial charge in [-0.3, -0.25) is 4.90 Å². The first-order valence-electron chi connectivity index (χ1n) is 6.81. The third-order valence-electron chi connectivity index (χ3n) is 3.65. The summed E-state index contributed by atoms with van der Waals surface area (Å²) in [6.07, 6.45) is 2.41. The fourth-order valence-electron chi connectivity index (χ4n) is 2.60. The highest BCUT2D eigenvalue weighted by Crippen LogP contribution is 2.14. The van der Waals surface area contributed by atoms with Gasteiger partial charge in [-0.05, 0) is 31.9 Å². The molecule has 0 aliphatic carbocycles. The summed E-state index contributed by atoms with van der Waals surface area (Å²) >= 11 is 0. The van der Waals surface area contributed by atoms with Gasteiger partial charge in [-0.25, -0.2) is 0 Å². The molecule has 94 valence electrons. The van der Waals surface area contributed by atoms with Crippen molar-refractivity contribution in [1.29, 1.82) is 0 Å². The SMILES string of the molecule is CCCN(C(C)Cc1ccccc1)C1CNC1. The minimum atomic E-state index is 0.643. The molecule has 0 amide bonds. The van der Waals surface area contributed by atoms with E-state index in [0.29, 0.717) is 6.04 Å². The number of nitrogens with zero attached hydrogens (tertiary/aromatic N) is 1. The van der Waals surface area contributed by atoms with E-state index in [-0.39, 0.29) is 0 Å². The summed E-state index contributed by atoms with van der Waals surface area (Å²) in [5.41, 5.74) is 1.45. The first-order valence-corrected chi connectivity index (χ1v) is 6.81. The van der Waals surface area contributed by atoms with E-state index in [0.717, 1.165) is 12.5 Å². The van der Waals surface area contributed by atoms with Gasteiger partial charge in [-0.2, -0.15) is 0 Å². The molecule has 1 heterocycles. The molecule has 1 aliphatic rings. The highest BCUT2D eigenvalue weighted by molar-refractivity contribution is 5.15. The fraction of sp³-hybridized carbons (Fsp3) is 0.600. The summed E-state index contributed by atoms with van der Waals surface area (Å²) in [5.74, 6) is 0. The fourth-order valence-corrected chi connectivity index (χ4v) is 2.60. The van der Waals surface area contributed by atoms with Crippen molar-refractivity contribution < 1.29 is 0 Å². The lowest BCUT2D eigenvalue weighted by Crippen LogP contribution is -2.59. The third kappa shape index (κ3) is 3.30. The molecule has 1 N–H and O–H groups in total. The normalized spacial score (nSPS) is 18.1. The molecule has 0 bridgehead atoms. The second-order valence-corrected chi connectivity index (χ2v) is 5.09. The Kier molecular flexibility index (Phi) is 4.57. The summed E-state index contributed by atoms with van der Waals surface area (Å²) < 4.78 is 0. The van der Waals surface area contributed by atoms with Gasteiger partial charge in [0.2, 0.25) is 0 Å². The Hall–Kier alpha value is -0.860. The van der Waals surface area contributed by atoms with Gasteiger partial charge < -0.3 is 5.32 Å². The van der Waals surface area contributed by atoms with E-state index in [4.69, 9.17) is 0 Å². The highest BCUT2D eigenvalue weighted by atomic mass is 15.2. The zero-order chi connectivity index (χ0) is 12.1. The average molecular weight is 232 g/mol. The topological polar surface area (TPSA) is 15.3 Å².